The molecule has 0 aliphatic carbocycles. The van der Waals surface area contributed by atoms with Crippen LogP contribution in [0.15, 0.2) is 18.2 Å². The smallest absolute Gasteiger partial charge is 0.222 e. The zero-order chi connectivity index (χ0) is 16.2. The van der Waals surface area contributed by atoms with Crippen LogP contribution in [0.2, 0.25) is 5.02 Å². The summed E-state index contributed by atoms with van der Waals surface area (Å²) in [5, 5.41) is 3.80. The monoisotopic (exact) mass is 374 g/mol. The van der Waals surface area contributed by atoms with E-state index in [0.29, 0.717) is 29.3 Å². The van der Waals surface area contributed by atoms with E-state index in [1.54, 1.807) is 12.1 Å². The van der Waals surface area contributed by atoms with E-state index in [0.717, 1.165) is 38.9 Å². The quantitative estimate of drug-likeness (QED) is 0.849. The summed E-state index contributed by atoms with van der Waals surface area (Å²) in [4.78, 5) is 14.5. The van der Waals surface area contributed by atoms with Crippen molar-refractivity contribution in [3.05, 3.63) is 34.6 Å². The lowest BCUT2D eigenvalue weighted by atomic mass is 10.0. The van der Waals surface area contributed by atoms with Gasteiger partial charge in [0, 0.05) is 29.6 Å². The maximum absolute atomic E-state index is 14.0. The Morgan fingerprint density at radius 3 is 2.92 bits per heavy atom. The maximum atomic E-state index is 14.0. The van der Waals surface area contributed by atoms with E-state index in [2.05, 4.69) is 5.32 Å². The predicted octanol–water partition coefficient (Wildman–Crippen LogP) is 3.82. The highest BCUT2D eigenvalue weighted by molar-refractivity contribution is 6.31. The van der Waals surface area contributed by atoms with Gasteiger partial charge in [-0.15, -0.1) is 12.4 Å². The fraction of sp³-hybridized carbons (Fsp3) is 0.611. The van der Waals surface area contributed by atoms with E-state index in [9.17, 15) is 9.18 Å². The molecule has 0 aromatic heterocycles. The first-order valence-corrected chi connectivity index (χ1v) is 8.96. The number of amides is 1. The number of hydrogen-bond acceptors (Lipinski definition) is 2. The van der Waals surface area contributed by atoms with Crippen LogP contribution in [0.1, 0.15) is 37.7 Å². The Labute approximate surface area is 154 Å². The highest BCUT2D eigenvalue weighted by Gasteiger charge is 2.30. The second-order valence-electron chi connectivity index (χ2n) is 6.69. The summed E-state index contributed by atoms with van der Waals surface area (Å²) in [5.41, 5.74) is 0.541. The van der Waals surface area contributed by atoms with Crippen molar-refractivity contribution in [2.75, 3.05) is 19.6 Å². The van der Waals surface area contributed by atoms with Gasteiger partial charge in [-0.05, 0) is 63.2 Å². The number of carbonyl (C=O) groups excluding carboxylic acids is 1. The van der Waals surface area contributed by atoms with Crippen molar-refractivity contribution in [3.8, 4) is 0 Å². The number of nitrogens with zero attached hydrogens (tertiary/aromatic N) is 1. The molecule has 0 spiro atoms. The van der Waals surface area contributed by atoms with Crippen LogP contribution in [-0.4, -0.2) is 36.5 Å². The van der Waals surface area contributed by atoms with Gasteiger partial charge >= 0.3 is 0 Å². The number of likely N-dealkylation sites (tertiary alicyclic amines) is 1. The van der Waals surface area contributed by atoms with E-state index in [1.807, 2.05) is 4.90 Å². The fourth-order valence-electron chi connectivity index (χ4n) is 3.77. The van der Waals surface area contributed by atoms with Gasteiger partial charge in [0.1, 0.15) is 5.82 Å². The summed E-state index contributed by atoms with van der Waals surface area (Å²) in [5.74, 6) is 0.571. The van der Waals surface area contributed by atoms with Gasteiger partial charge < -0.3 is 10.2 Å². The highest BCUT2D eigenvalue weighted by atomic mass is 35.5. The molecule has 3 rings (SSSR count). The SMILES string of the molecule is Cl.O=C(CCC1CCNC1)N1CCCC1Cc1c(F)cccc1Cl. The molecule has 1 amide bonds. The van der Waals surface area contributed by atoms with Gasteiger partial charge in [-0.3, -0.25) is 4.79 Å². The zero-order valence-corrected chi connectivity index (χ0v) is 15.3. The van der Waals surface area contributed by atoms with Crippen molar-refractivity contribution < 1.29 is 9.18 Å². The number of rotatable bonds is 5. The third-order valence-corrected chi connectivity index (χ3v) is 5.48. The molecular formula is C18H25Cl2FN2O. The average Bonchev–Trinajstić information content (AvgIpc) is 3.20. The summed E-state index contributed by atoms with van der Waals surface area (Å²) >= 11 is 6.13. The Morgan fingerprint density at radius 2 is 2.21 bits per heavy atom. The molecule has 1 N–H and O–H groups in total. The maximum Gasteiger partial charge on any atom is 0.222 e. The molecule has 24 heavy (non-hydrogen) atoms. The standard InChI is InChI=1S/C18H24ClFN2O.ClH/c19-16-4-1-5-17(20)15(16)11-14-3-2-10-22(14)18(23)7-6-13-8-9-21-12-13;/h1,4-5,13-14,21H,2-3,6-12H2;1H. The van der Waals surface area contributed by atoms with Gasteiger partial charge in [0.2, 0.25) is 5.91 Å². The molecule has 2 atom stereocenters. The van der Waals surface area contributed by atoms with Crippen LogP contribution in [0.3, 0.4) is 0 Å². The van der Waals surface area contributed by atoms with Crippen molar-refractivity contribution in [1.82, 2.24) is 10.2 Å². The van der Waals surface area contributed by atoms with Crippen molar-refractivity contribution in [2.24, 2.45) is 5.92 Å². The molecule has 2 aliphatic heterocycles. The minimum absolute atomic E-state index is 0. The Morgan fingerprint density at radius 1 is 1.38 bits per heavy atom. The van der Waals surface area contributed by atoms with Gasteiger partial charge in [-0.2, -0.15) is 0 Å². The molecule has 1 aromatic rings. The summed E-state index contributed by atoms with van der Waals surface area (Å²) in [6.45, 7) is 2.89. The van der Waals surface area contributed by atoms with Gasteiger partial charge in [-0.25, -0.2) is 4.39 Å². The molecule has 2 fully saturated rings. The van der Waals surface area contributed by atoms with E-state index in [4.69, 9.17) is 11.6 Å². The van der Waals surface area contributed by atoms with Crippen molar-refractivity contribution >= 4 is 29.9 Å². The van der Waals surface area contributed by atoms with Crippen LogP contribution in [0.25, 0.3) is 0 Å². The van der Waals surface area contributed by atoms with Crippen LogP contribution >= 0.6 is 24.0 Å². The Balaban J connectivity index is 0.00000208. The molecule has 2 aliphatic rings. The van der Waals surface area contributed by atoms with Gasteiger partial charge in [0.25, 0.3) is 0 Å². The first-order chi connectivity index (χ1) is 11.1. The van der Waals surface area contributed by atoms with E-state index in [1.165, 1.54) is 12.5 Å². The van der Waals surface area contributed by atoms with Crippen LogP contribution in [0.4, 0.5) is 4.39 Å². The first kappa shape index (κ1) is 19.5. The second-order valence-corrected chi connectivity index (χ2v) is 7.09. The molecule has 0 bridgehead atoms. The Bertz CT molecular complexity index is 544. The topological polar surface area (TPSA) is 32.3 Å². The molecule has 3 nitrogen and oxygen atoms in total. The Hall–Kier alpha value is -0.840. The largest absolute Gasteiger partial charge is 0.339 e. The van der Waals surface area contributed by atoms with E-state index >= 15 is 0 Å². The van der Waals surface area contributed by atoms with Gasteiger partial charge in [0.15, 0.2) is 0 Å². The summed E-state index contributed by atoms with van der Waals surface area (Å²) in [7, 11) is 0. The lowest BCUT2D eigenvalue weighted by Crippen LogP contribution is -2.37. The van der Waals surface area contributed by atoms with E-state index < -0.39 is 0 Å². The summed E-state index contributed by atoms with van der Waals surface area (Å²) in [6, 6.07) is 4.86. The molecule has 2 saturated heterocycles. The average molecular weight is 375 g/mol. The van der Waals surface area contributed by atoms with Crippen molar-refractivity contribution in [1.29, 1.82) is 0 Å². The number of hydrogen-bond donors (Lipinski definition) is 1. The van der Waals surface area contributed by atoms with Crippen LogP contribution in [-0.2, 0) is 11.2 Å². The molecule has 2 unspecified atom stereocenters. The lowest BCUT2D eigenvalue weighted by Gasteiger charge is -2.26. The molecule has 134 valence electrons. The lowest BCUT2D eigenvalue weighted by molar-refractivity contribution is -0.132. The number of halogens is 3. The minimum atomic E-state index is -0.270. The first-order valence-electron chi connectivity index (χ1n) is 8.58. The molecule has 2 heterocycles. The van der Waals surface area contributed by atoms with Crippen LogP contribution in [0, 0.1) is 11.7 Å². The third kappa shape index (κ3) is 4.62. The number of nitrogens with one attached hydrogen (secondary N) is 1. The van der Waals surface area contributed by atoms with Gasteiger partial charge in [0.05, 0.1) is 0 Å². The second kappa shape index (κ2) is 9.02. The third-order valence-electron chi connectivity index (χ3n) is 5.13. The summed E-state index contributed by atoms with van der Waals surface area (Å²) < 4.78 is 14.0. The highest BCUT2D eigenvalue weighted by Crippen LogP contribution is 2.27. The normalized spacial score (nSPS) is 23.3. The zero-order valence-electron chi connectivity index (χ0n) is 13.8. The number of carbonyl (C=O) groups is 1. The molecule has 6 heteroatoms. The minimum Gasteiger partial charge on any atom is -0.339 e. The predicted molar refractivity (Wildman–Crippen MR) is 97.3 cm³/mol. The van der Waals surface area contributed by atoms with Gasteiger partial charge in [-0.1, -0.05) is 17.7 Å². The fourth-order valence-corrected chi connectivity index (χ4v) is 4.01. The summed E-state index contributed by atoms with van der Waals surface area (Å²) in [6.07, 6.45) is 5.17. The van der Waals surface area contributed by atoms with E-state index in [-0.39, 0.29) is 30.2 Å². The molecule has 0 radical (unpaired) electrons. The Kier molecular flexibility index (Phi) is 7.33. The molecular weight excluding hydrogens is 350 g/mol. The van der Waals surface area contributed by atoms with Crippen LogP contribution < -0.4 is 5.32 Å². The van der Waals surface area contributed by atoms with Crippen LogP contribution in [0.5, 0.6) is 0 Å². The van der Waals surface area contributed by atoms with Crippen molar-refractivity contribution in [3.63, 3.8) is 0 Å². The molecule has 0 saturated carbocycles. The molecule has 1 aromatic carbocycles. The number of benzene rings is 1. The van der Waals surface area contributed by atoms with Crippen molar-refractivity contribution in [2.45, 2.75) is 44.6 Å².